The minimum atomic E-state index is -0.284. The molecule has 1 N–H and O–H groups in total. The zero-order valence-electron chi connectivity index (χ0n) is 10.5. The third-order valence-electron chi connectivity index (χ3n) is 3.66. The van der Waals surface area contributed by atoms with Crippen LogP contribution < -0.4 is 16.6 Å². The normalized spacial score (nSPS) is 19.2. The Morgan fingerprint density at radius 3 is 2.84 bits per heavy atom. The molecule has 3 rings (SSSR count). The molecule has 1 saturated heterocycles. The lowest BCUT2D eigenvalue weighted by atomic mass is 10.2. The van der Waals surface area contributed by atoms with Crippen molar-refractivity contribution < 1.29 is 0 Å². The standard InChI is InChI=1S/C13H14ClN3O2/c1-16-11-6-8(14)2-3-10(11)12(18)17(13(16)19)9-4-5-15-7-9/h2-3,6,9,15H,4-5,7H2,1H3. The monoisotopic (exact) mass is 279 g/mol. The average molecular weight is 280 g/mol. The molecule has 1 atom stereocenters. The van der Waals surface area contributed by atoms with Crippen molar-refractivity contribution in [2.24, 2.45) is 7.05 Å². The van der Waals surface area contributed by atoms with Crippen LogP contribution in [0.5, 0.6) is 0 Å². The summed E-state index contributed by atoms with van der Waals surface area (Å²) in [5.41, 5.74) is 0.0571. The van der Waals surface area contributed by atoms with E-state index in [9.17, 15) is 9.59 Å². The fourth-order valence-corrected chi connectivity index (χ4v) is 2.79. The molecule has 0 amide bonds. The average Bonchev–Trinajstić information content (AvgIpc) is 2.90. The first-order chi connectivity index (χ1) is 9.09. The van der Waals surface area contributed by atoms with Gasteiger partial charge in [-0.2, -0.15) is 0 Å². The second kappa shape index (κ2) is 4.51. The Hall–Kier alpha value is -1.59. The van der Waals surface area contributed by atoms with E-state index in [0.717, 1.165) is 13.0 Å². The number of rotatable bonds is 1. The number of hydrogen-bond acceptors (Lipinski definition) is 3. The zero-order chi connectivity index (χ0) is 13.6. The molecule has 0 bridgehead atoms. The van der Waals surface area contributed by atoms with Crippen molar-refractivity contribution in [2.45, 2.75) is 12.5 Å². The lowest BCUT2D eigenvalue weighted by molar-refractivity contribution is 0.493. The number of nitrogens with zero attached hydrogens (tertiary/aromatic N) is 2. The van der Waals surface area contributed by atoms with Crippen molar-refractivity contribution in [3.05, 3.63) is 44.1 Å². The van der Waals surface area contributed by atoms with Gasteiger partial charge in [-0.3, -0.25) is 13.9 Å². The molecule has 1 aliphatic heterocycles. The summed E-state index contributed by atoms with van der Waals surface area (Å²) in [5.74, 6) is 0. The molecule has 2 heterocycles. The number of halogens is 1. The molecule has 0 radical (unpaired) electrons. The number of hydrogen-bond donors (Lipinski definition) is 1. The van der Waals surface area contributed by atoms with Crippen LogP contribution in [0.25, 0.3) is 10.9 Å². The quantitative estimate of drug-likeness (QED) is 0.843. The molecular formula is C13H14ClN3O2. The molecule has 1 unspecified atom stereocenters. The van der Waals surface area contributed by atoms with Gasteiger partial charge in [0.15, 0.2) is 0 Å². The van der Waals surface area contributed by atoms with Crippen molar-refractivity contribution in [3.8, 4) is 0 Å². The molecule has 1 aromatic carbocycles. The minimum absolute atomic E-state index is 0.0636. The van der Waals surface area contributed by atoms with Crippen LogP contribution in [-0.4, -0.2) is 22.2 Å². The number of aromatic nitrogens is 2. The van der Waals surface area contributed by atoms with Gasteiger partial charge in [0.2, 0.25) is 0 Å². The third kappa shape index (κ3) is 1.89. The first kappa shape index (κ1) is 12.4. The summed E-state index contributed by atoms with van der Waals surface area (Å²) in [6, 6.07) is 4.94. The first-order valence-electron chi connectivity index (χ1n) is 6.21. The topological polar surface area (TPSA) is 56.0 Å². The Morgan fingerprint density at radius 1 is 1.37 bits per heavy atom. The summed E-state index contributed by atoms with van der Waals surface area (Å²) < 4.78 is 2.84. The highest BCUT2D eigenvalue weighted by molar-refractivity contribution is 6.31. The smallest absolute Gasteiger partial charge is 0.315 e. The van der Waals surface area contributed by atoms with Crippen LogP contribution in [0.1, 0.15) is 12.5 Å². The molecule has 1 aliphatic rings. The maximum Gasteiger partial charge on any atom is 0.331 e. The number of aryl methyl sites for hydroxylation is 1. The molecule has 19 heavy (non-hydrogen) atoms. The van der Waals surface area contributed by atoms with Crippen molar-refractivity contribution in [1.82, 2.24) is 14.5 Å². The van der Waals surface area contributed by atoms with E-state index in [1.54, 1.807) is 25.2 Å². The van der Waals surface area contributed by atoms with Gasteiger partial charge in [-0.15, -0.1) is 0 Å². The highest BCUT2D eigenvalue weighted by atomic mass is 35.5. The minimum Gasteiger partial charge on any atom is -0.315 e. The Kier molecular flexibility index (Phi) is 2.95. The Bertz CT molecular complexity index is 757. The second-order valence-corrected chi connectivity index (χ2v) is 5.26. The molecule has 6 heteroatoms. The third-order valence-corrected chi connectivity index (χ3v) is 3.90. The summed E-state index contributed by atoms with van der Waals surface area (Å²) in [7, 11) is 1.67. The molecular weight excluding hydrogens is 266 g/mol. The highest BCUT2D eigenvalue weighted by Gasteiger charge is 2.22. The van der Waals surface area contributed by atoms with E-state index >= 15 is 0 Å². The van der Waals surface area contributed by atoms with Gasteiger partial charge in [-0.25, -0.2) is 4.79 Å². The molecule has 100 valence electrons. The maximum atomic E-state index is 12.5. The molecule has 5 nitrogen and oxygen atoms in total. The summed E-state index contributed by atoms with van der Waals surface area (Å²) in [4.78, 5) is 24.8. The van der Waals surface area contributed by atoms with Crippen LogP contribution in [-0.2, 0) is 7.05 Å². The van der Waals surface area contributed by atoms with Gasteiger partial charge in [0.05, 0.1) is 16.9 Å². The SMILES string of the molecule is Cn1c(=O)n(C2CCNC2)c(=O)c2ccc(Cl)cc21. The number of fused-ring (bicyclic) bond motifs is 1. The zero-order valence-corrected chi connectivity index (χ0v) is 11.3. The maximum absolute atomic E-state index is 12.5. The van der Waals surface area contributed by atoms with Crippen LogP contribution in [0.4, 0.5) is 0 Å². The van der Waals surface area contributed by atoms with E-state index < -0.39 is 0 Å². The molecule has 0 aliphatic carbocycles. The van der Waals surface area contributed by atoms with E-state index in [1.807, 2.05) is 0 Å². The number of benzene rings is 1. The summed E-state index contributed by atoms with van der Waals surface area (Å²) >= 11 is 5.93. The Morgan fingerprint density at radius 2 is 2.16 bits per heavy atom. The van der Waals surface area contributed by atoms with Crippen LogP contribution >= 0.6 is 11.6 Å². The largest absolute Gasteiger partial charge is 0.331 e. The predicted molar refractivity (Wildman–Crippen MR) is 75.0 cm³/mol. The second-order valence-electron chi connectivity index (χ2n) is 4.82. The highest BCUT2D eigenvalue weighted by Crippen LogP contribution is 2.17. The summed E-state index contributed by atoms with van der Waals surface area (Å²) in [5, 5.41) is 4.22. The van der Waals surface area contributed by atoms with Gasteiger partial charge in [0.1, 0.15) is 0 Å². The summed E-state index contributed by atoms with van der Waals surface area (Å²) in [6.45, 7) is 1.49. The van der Waals surface area contributed by atoms with E-state index in [-0.39, 0.29) is 17.3 Å². The van der Waals surface area contributed by atoms with Crippen molar-refractivity contribution in [3.63, 3.8) is 0 Å². The first-order valence-corrected chi connectivity index (χ1v) is 6.59. The van der Waals surface area contributed by atoms with E-state index in [1.165, 1.54) is 9.13 Å². The molecule has 1 aromatic heterocycles. The van der Waals surface area contributed by atoms with E-state index in [4.69, 9.17) is 11.6 Å². The van der Waals surface area contributed by atoms with Gasteiger partial charge in [0.25, 0.3) is 5.56 Å². The van der Waals surface area contributed by atoms with E-state index in [2.05, 4.69) is 5.32 Å². The fourth-order valence-electron chi connectivity index (χ4n) is 2.63. The van der Waals surface area contributed by atoms with Crippen molar-refractivity contribution >= 4 is 22.5 Å². The molecule has 0 spiro atoms. The lowest BCUT2D eigenvalue weighted by Crippen LogP contribution is -2.42. The predicted octanol–water partition coefficient (Wildman–Crippen LogP) is 0.888. The van der Waals surface area contributed by atoms with Gasteiger partial charge in [-0.05, 0) is 31.2 Å². The van der Waals surface area contributed by atoms with Gasteiger partial charge in [0, 0.05) is 18.6 Å². The lowest BCUT2D eigenvalue weighted by Gasteiger charge is -2.15. The van der Waals surface area contributed by atoms with E-state index in [0.29, 0.717) is 22.5 Å². The van der Waals surface area contributed by atoms with Gasteiger partial charge < -0.3 is 5.32 Å². The van der Waals surface area contributed by atoms with Crippen LogP contribution in [0.3, 0.4) is 0 Å². The van der Waals surface area contributed by atoms with Crippen LogP contribution in [0.15, 0.2) is 27.8 Å². The van der Waals surface area contributed by atoms with Crippen molar-refractivity contribution in [1.29, 1.82) is 0 Å². The molecule has 1 fully saturated rings. The number of nitrogens with one attached hydrogen (secondary N) is 1. The fraction of sp³-hybridized carbons (Fsp3) is 0.385. The molecule has 2 aromatic rings. The Balaban J connectivity index is 2.38. The Labute approximate surface area is 114 Å². The van der Waals surface area contributed by atoms with Gasteiger partial charge in [-0.1, -0.05) is 11.6 Å². The van der Waals surface area contributed by atoms with Crippen LogP contribution in [0, 0.1) is 0 Å². The molecule has 0 saturated carbocycles. The van der Waals surface area contributed by atoms with Gasteiger partial charge >= 0.3 is 5.69 Å². The van der Waals surface area contributed by atoms with Crippen molar-refractivity contribution in [2.75, 3.05) is 13.1 Å². The van der Waals surface area contributed by atoms with Crippen LogP contribution in [0.2, 0.25) is 5.02 Å². The summed E-state index contributed by atoms with van der Waals surface area (Å²) in [6.07, 6.45) is 0.800.